The van der Waals surface area contributed by atoms with Gasteiger partial charge in [0.05, 0.1) is 17.8 Å². The maximum absolute atomic E-state index is 11.1. The third kappa shape index (κ3) is 1.48. The standard InChI is InChI=1S/C15H21NO2/c1-14(17,11-5-3-2-4-6-11)15(10-16)9-12-7-8-13(15)18-12/h2-6,12-13,17H,7-10,16H2,1H3. The molecule has 3 nitrogen and oxygen atoms in total. The first kappa shape index (κ1) is 12.2. The quantitative estimate of drug-likeness (QED) is 0.856. The van der Waals surface area contributed by atoms with Gasteiger partial charge in [-0.1, -0.05) is 30.3 Å². The van der Waals surface area contributed by atoms with E-state index in [2.05, 4.69) is 0 Å². The van der Waals surface area contributed by atoms with Gasteiger partial charge in [-0.2, -0.15) is 0 Å². The van der Waals surface area contributed by atoms with Crippen LogP contribution in [0.5, 0.6) is 0 Å². The smallest absolute Gasteiger partial charge is 0.0962 e. The number of ether oxygens (including phenoxy) is 1. The molecule has 0 amide bonds. The maximum Gasteiger partial charge on any atom is 0.0962 e. The summed E-state index contributed by atoms with van der Waals surface area (Å²) < 4.78 is 5.95. The van der Waals surface area contributed by atoms with Crippen molar-refractivity contribution in [1.82, 2.24) is 0 Å². The Morgan fingerprint density at radius 1 is 1.39 bits per heavy atom. The highest BCUT2D eigenvalue weighted by Gasteiger charge is 2.60. The maximum atomic E-state index is 11.1. The largest absolute Gasteiger partial charge is 0.385 e. The fourth-order valence-electron chi connectivity index (χ4n) is 3.78. The molecule has 3 N–H and O–H groups in total. The minimum atomic E-state index is -0.928. The molecular formula is C15H21NO2. The van der Waals surface area contributed by atoms with Gasteiger partial charge < -0.3 is 15.6 Å². The van der Waals surface area contributed by atoms with Crippen molar-refractivity contribution < 1.29 is 9.84 Å². The summed E-state index contributed by atoms with van der Waals surface area (Å²) in [6.07, 6.45) is 3.38. The van der Waals surface area contributed by atoms with Gasteiger partial charge in [0.25, 0.3) is 0 Å². The van der Waals surface area contributed by atoms with Gasteiger partial charge in [0.15, 0.2) is 0 Å². The molecule has 2 saturated heterocycles. The third-order valence-corrected chi connectivity index (χ3v) is 4.99. The number of hydrogen-bond acceptors (Lipinski definition) is 3. The van der Waals surface area contributed by atoms with Crippen LogP contribution in [0.4, 0.5) is 0 Å². The lowest BCUT2D eigenvalue weighted by Gasteiger charge is -2.46. The summed E-state index contributed by atoms with van der Waals surface area (Å²) in [4.78, 5) is 0. The second kappa shape index (κ2) is 4.05. The monoisotopic (exact) mass is 247 g/mol. The molecule has 2 aliphatic rings. The van der Waals surface area contributed by atoms with Crippen LogP contribution in [0.2, 0.25) is 0 Å². The predicted molar refractivity (Wildman–Crippen MR) is 70.0 cm³/mol. The lowest BCUT2D eigenvalue weighted by atomic mass is 9.61. The average Bonchev–Trinajstić information content (AvgIpc) is 3.00. The zero-order chi connectivity index (χ0) is 12.8. The molecule has 0 saturated carbocycles. The van der Waals surface area contributed by atoms with Crippen LogP contribution in [-0.4, -0.2) is 23.9 Å². The van der Waals surface area contributed by atoms with Crippen molar-refractivity contribution in [3.8, 4) is 0 Å². The Bertz CT molecular complexity index is 431. The Labute approximate surface area is 108 Å². The van der Waals surface area contributed by atoms with Gasteiger partial charge in [0.2, 0.25) is 0 Å². The van der Waals surface area contributed by atoms with E-state index in [1.54, 1.807) is 0 Å². The van der Waals surface area contributed by atoms with E-state index >= 15 is 0 Å². The van der Waals surface area contributed by atoms with Crippen molar-refractivity contribution in [2.75, 3.05) is 6.54 Å². The molecule has 2 aliphatic heterocycles. The minimum Gasteiger partial charge on any atom is -0.385 e. The zero-order valence-corrected chi connectivity index (χ0v) is 10.8. The molecule has 4 atom stereocenters. The summed E-state index contributed by atoms with van der Waals surface area (Å²) in [6.45, 7) is 2.36. The van der Waals surface area contributed by atoms with Gasteiger partial charge in [-0.05, 0) is 31.7 Å². The van der Waals surface area contributed by atoms with E-state index < -0.39 is 5.60 Å². The van der Waals surface area contributed by atoms with E-state index in [1.165, 1.54) is 0 Å². The van der Waals surface area contributed by atoms with Crippen LogP contribution >= 0.6 is 0 Å². The summed E-state index contributed by atoms with van der Waals surface area (Å²) in [7, 11) is 0. The van der Waals surface area contributed by atoms with Crippen LogP contribution in [0.1, 0.15) is 31.7 Å². The Morgan fingerprint density at radius 3 is 2.61 bits per heavy atom. The van der Waals surface area contributed by atoms with E-state index in [4.69, 9.17) is 10.5 Å². The molecule has 1 aromatic carbocycles. The molecule has 2 fully saturated rings. The summed E-state index contributed by atoms with van der Waals surface area (Å²) in [5.41, 5.74) is 5.71. The molecular weight excluding hydrogens is 226 g/mol. The first-order valence-electron chi connectivity index (χ1n) is 6.73. The van der Waals surface area contributed by atoms with Crippen LogP contribution in [0.3, 0.4) is 0 Å². The number of hydrogen-bond donors (Lipinski definition) is 2. The molecule has 4 unspecified atom stereocenters. The van der Waals surface area contributed by atoms with Crippen molar-refractivity contribution in [2.24, 2.45) is 11.1 Å². The van der Waals surface area contributed by atoms with Gasteiger partial charge in [-0.15, -0.1) is 0 Å². The second-order valence-corrected chi connectivity index (χ2v) is 5.83. The van der Waals surface area contributed by atoms with Crippen molar-refractivity contribution in [3.05, 3.63) is 35.9 Å². The van der Waals surface area contributed by atoms with E-state index in [-0.39, 0.29) is 17.6 Å². The Kier molecular flexibility index (Phi) is 2.73. The van der Waals surface area contributed by atoms with E-state index in [0.717, 1.165) is 24.8 Å². The Hall–Kier alpha value is -0.900. The fourth-order valence-corrected chi connectivity index (χ4v) is 3.78. The van der Waals surface area contributed by atoms with Gasteiger partial charge in [0.1, 0.15) is 0 Å². The van der Waals surface area contributed by atoms with Crippen molar-refractivity contribution in [1.29, 1.82) is 0 Å². The predicted octanol–water partition coefficient (Wildman–Crippen LogP) is 1.79. The van der Waals surface area contributed by atoms with Gasteiger partial charge in [-0.25, -0.2) is 0 Å². The summed E-state index contributed by atoms with van der Waals surface area (Å²) in [5, 5.41) is 11.1. The number of benzene rings is 1. The highest BCUT2D eigenvalue weighted by Crippen LogP contribution is 2.56. The number of aliphatic hydroxyl groups is 1. The number of nitrogens with two attached hydrogens (primary N) is 1. The molecule has 0 spiro atoms. The molecule has 18 heavy (non-hydrogen) atoms. The highest BCUT2D eigenvalue weighted by molar-refractivity contribution is 5.27. The topological polar surface area (TPSA) is 55.5 Å². The number of fused-ring (bicyclic) bond motifs is 2. The molecule has 2 bridgehead atoms. The van der Waals surface area contributed by atoms with Crippen molar-refractivity contribution in [3.63, 3.8) is 0 Å². The normalized spacial score (nSPS) is 37.7. The molecule has 98 valence electrons. The van der Waals surface area contributed by atoms with E-state index in [9.17, 15) is 5.11 Å². The Balaban J connectivity index is 2.01. The molecule has 0 aliphatic carbocycles. The molecule has 2 heterocycles. The average molecular weight is 247 g/mol. The molecule has 3 heteroatoms. The summed E-state index contributed by atoms with van der Waals surface area (Å²) in [6, 6.07) is 9.84. The van der Waals surface area contributed by atoms with Crippen LogP contribution in [-0.2, 0) is 10.3 Å². The van der Waals surface area contributed by atoms with E-state index in [1.807, 2.05) is 37.3 Å². The third-order valence-electron chi connectivity index (χ3n) is 4.99. The zero-order valence-electron chi connectivity index (χ0n) is 10.8. The van der Waals surface area contributed by atoms with Crippen molar-refractivity contribution in [2.45, 2.75) is 44.0 Å². The van der Waals surface area contributed by atoms with Gasteiger partial charge >= 0.3 is 0 Å². The number of rotatable bonds is 3. The lowest BCUT2D eigenvalue weighted by Crippen LogP contribution is -2.54. The first-order chi connectivity index (χ1) is 8.60. The lowest BCUT2D eigenvalue weighted by molar-refractivity contribution is -0.105. The van der Waals surface area contributed by atoms with Gasteiger partial charge in [-0.3, -0.25) is 0 Å². The first-order valence-corrected chi connectivity index (χ1v) is 6.73. The minimum absolute atomic E-state index is 0.0997. The highest BCUT2D eigenvalue weighted by atomic mass is 16.5. The molecule has 3 rings (SSSR count). The molecule has 0 radical (unpaired) electrons. The van der Waals surface area contributed by atoms with Crippen LogP contribution in [0.15, 0.2) is 30.3 Å². The van der Waals surface area contributed by atoms with Crippen LogP contribution in [0, 0.1) is 5.41 Å². The SMILES string of the molecule is CC(O)(c1ccccc1)C1(CN)CC2CCC1O2. The Morgan fingerprint density at radius 2 is 2.11 bits per heavy atom. The van der Waals surface area contributed by atoms with Crippen molar-refractivity contribution >= 4 is 0 Å². The van der Waals surface area contributed by atoms with E-state index in [0.29, 0.717) is 6.54 Å². The van der Waals surface area contributed by atoms with Gasteiger partial charge in [0, 0.05) is 12.0 Å². The van der Waals surface area contributed by atoms with Crippen LogP contribution in [0.25, 0.3) is 0 Å². The second-order valence-electron chi connectivity index (χ2n) is 5.83. The molecule has 1 aromatic rings. The molecule has 0 aromatic heterocycles. The summed E-state index contributed by atoms with van der Waals surface area (Å²) >= 11 is 0. The summed E-state index contributed by atoms with van der Waals surface area (Å²) in [5.74, 6) is 0. The van der Waals surface area contributed by atoms with Crippen LogP contribution < -0.4 is 5.73 Å². The fraction of sp³-hybridized carbons (Fsp3) is 0.600.